The fourth-order valence-electron chi connectivity index (χ4n) is 4.34. The van der Waals surface area contributed by atoms with E-state index >= 15 is 0 Å². The minimum absolute atomic E-state index is 0.0301. The number of nitrogens with one attached hydrogen (secondary N) is 1. The molecule has 1 N–H and O–H groups in total. The molecule has 14 heteroatoms. The highest BCUT2D eigenvalue weighted by Gasteiger charge is 2.71. The Kier molecular flexibility index (Phi) is 7.38. The highest BCUT2D eigenvalue weighted by molar-refractivity contribution is 7.90. The summed E-state index contributed by atoms with van der Waals surface area (Å²) in [7, 11) is -3.58. The lowest BCUT2D eigenvalue weighted by atomic mass is 9.76. The molecule has 2 aromatic rings. The molecule has 2 amide bonds. The molecule has 0 saturated heterocycles. The number of hydrogen-bond donors (Lipinski definition) is 1. The number of sulfone groups is 1. The van der Waals surface area contributed by atoms with Crippen LogP contribution in [0, 0.1) is 0 Å². The Morgan fingerprint density at radius 1 is 1.00 bits per heavy atom. The summed E-state index contributed by atoms with van der Waals surface area (Å²) >= 11 is 0. The van der Waals surface area contributed by atoms with Crippen LogP contribution < -0.4 is 5.32 Å². The van der Waals surface area contributed by atoms with Gasteiger partial charge >= 0.3 is 12.4 Å². The maximum Gasteiger partial charge on any atom is 0.407 e. The molecule has 3 rings (SSSR count). The molecule has 202 valence electrons. The highest BCUT2D eigenvalue weighted by atomic mass is 32.2. The van der Waals surface area contributed by atoms with Crippen molar-refractivity contribution in [2.45, 2.75) is 48.6 Å². The first-order valence-corrected chi connectivity index (χ1v) is 12.5. The van der Waals surface area contributed by atoms with Crippen molar-refractivity contribution in [1.29, 1.82) is 0 Å². The first-order valence-electron chi connectivity index (χ1n) is 10.6. The molecule has 0 bridgehead atoms. The van der Waals surface area contributed by atoms with Crippen LogP contribution >= 0.6 is 0 Å². The van der Waals surface area contributed by atoms with Crippen molar-refractivity contribution in [3.8, 4) is 0 Å². The summed E-state index contributed by atoms with van der Waals surface area (Å²) in [4.78, 5) is 26.3. The van der Waals surface area contributed by atoms with Gasteiger partial charge in [0, 0.05) is 31.8 Å². The Morgan fingerprint density at radius 2 is 1.57 bits per heavy atom. The van der Waals surface area contributed by atoms with Crippen LogP contribution in [-0.2, 0) is 31.4 Å². The monoisotopic (exact) mass is 554 g/mol. The number of halogens is 7. The standard InChI is InChI=1S/C23H21F7N2O4S/c1-13(33)32-12-14-11-17(37(2,35)36)7-8-18(14)19(32)20(34)31-16-5-3-15(4-6-16)21(9-10-24,22(25,26)27)23(28,29)30/h3-8,11,19H,9-10,12H2,1-2H3,(H,31,34). The number of carbonyl (C=O) groups excluding carboxylic acids is 2. The normalized spacial score (nSPS) is 16.5. The average Bonchev–Trinajstić information content (AvgIpc) is 3.15. The lowest BCUT2D eigenvalue weighted by molar-refractivity contribution is -0.306. The van der Waals surface area contributed by atoms with Gasteiger partial charge in [0.05, 0.1) is 11.6 Å². The number of anilines is 1. The van der Waals surface area contributed by atoms with Crippen LogP contribution in [0.4, 0.5) is 36.4 Å². The number of hydrogen-bond acceptors (Lipinski definition) is 4. The molecule has 1 aliphatic rings. The maximum atomic E-state index is 13.6. The predicted octanol–water partition coefficient (Wildman–Crippen LogP) is 4.85. The molecule has 0 spiro atoms. The van der Waals surface area contributed by atoms with Crippen LogP contribution in [0.1, 0.15) is 36.1 Å². The van der Waals surface area contributed by atoms with E-state index in [9.17, 15) is 48.7 Å². The summed E-state index contributed by atoms with van der Waals surface area (Å²) in [6.45, 7) is -0.786. The van der Waals surface area contributed by atoms with E-state index in [1.165, 1.54) is 25.1 Å². The van der Waals surface area contributed by atoms with E-state index in [-0.39, 0.29) is 17.1 Å². The molecule has 37 heavy (non-hydrogen) atoms. The van der Waals surface area contributed by atoms with Crippen molar-refractivity contribution in [3.63, 3.8) is 0 Å². The van der Waals surface area contributed by atoms with Gasteiger partial charge in [-0.05, 0) is 41.0 Å². The smallest absolute Gasteiger partial charge is 0.324 e. The summed E-state index contributed by atoms with van der Waals surface area (Å²) in [5.74, 6) is -1.35. The number of alkyl halides is 7. The molecule has 0 radical (unpaired) electrons. The Morgan fingerprint density at radius 3 is 2.03 bits per heavy atom. The molecular weight excluding hydrogens is 533 g/mol. The number of benzene rings is 2. The second-order valence-electron chi connectivity index (χ2n) is 8.59. The van der Waals surface area contributed by atoms with Crippen LogP contribution in [0.3, 0.4) is 0 Å². The van der Waals surface area contributed by atoms with Gasteiger partial charge in [-0.2, -0.15) is 26.3 Å². The third kappa shape index (κ3) is 5.15. The number of nitrogens with zero attached hydrogens (tertiary/aromatic N) is 1. The number of carbonyl (C=O) groups is 2. The summed E-state index contributed by atoms with van der Waals surface area (Å²) in [5.41, 5.74) is -5.15. The van der Waals surface area contributed by atoms with Crippen molar-refractivity contribution in [3.05, 3.63) is 59.2 Å². The summed E-state index contributed by atoms with van der Waals surface area (Å²) in [6.07, 6.45) is -12.6. The third-order valence-electron chi connectivity index (χ3n) is 6.22. The molecule has 2 aromatic carbocycles. The van der Waals surface area contributed by atoms with E-state index in [1.807, 2.05) is 0 Å². The van der Waals surface area contributed by atoms with Gasteiger partial charge in [0.2, 0.25) is 5.91 Å². The van der Waals surface area contributed by atoms with Gasteiger partial charge < -0.3 is 10.2 Å². The summed E-state index contributed by atoms with van der Waals surface area (Å²) < 4.78 is 118. The maximum absolute atomic E-state index is 13.6. The fourth-order valence-corrected chi connectivity index (χ4v) is 5.01. The molecule has 0 saturated carbocycles. The lowest BCUT2D eigenvalue weighted by Gasteiger charge is -2.37. The quantitative estimate of drug-likeness (QED) is 0.518. The van der Waals surface area contributed by atoms with E-state index in [0.29, 0.717) is 23.3 Å². The first-order chi connectivity index (χ1) is 16.9. The topological polar surface area (TPSA) is 83.6 Å². The predicted molar refractivity (Wildman–Crippen MR) is 118 cm³/mol. The van der Waals surface area contributed by atoms with Crippen LogP contribution in [0.15, 0.2) is 47.4 Å². The largest absolute Gasteiger partial charge is 0.407 e. The van der Waals surface area contributed by atoms with E-state index in [0.717, 1.165) is 23.3 Å². The van der Waals surface area contributed by atoms with Crippen LogP contribution in [-0.4, -0.2) is 50.4 Å². The zero-order valence-corrected chi connectivity index (χ0v) is 20.2. The van der Waals surface area contributed by atoms with Gasteiger partial charge in [-0.25, -0.2) is 8.42 Å². The molecule has 0 aliphatic carbocycles. The molecule has 1 heterocycles. The van der Waals surface area contributed by atoms with Crippen molar-refractivity contribution in [1.82, 2.24) is 4.90 Å². The van der Waals surface area contributed by atoms with Crippen LogP contribution in [0.5, 0.6) is 0 Å². The fraction of sp³-hybridized carbons (Fsp3) is 0.391. The zero-order valence-electron chi connectivity index (χ0n) is 19.4. The van der Waals surface area contributed by atoms with Crippen molar-refractivity contribution in [2.75, 3.05) is 18.2 Å². The van der Waals surface area contributed by atoms with Gasteiger partial charge in [0.25, 0.3) is 5.91 Å². The van der Waals surface area contributed by atoms with E-state index in [4.69, 9.17) is 0 Å². The molecule has 6 nitrogen and oxygen atoms in total. The first kappa shape index (κ1) is 28.4. The van der Waals surface area contributed by atoms with E-state index < -0.39 is 64.1 Å². The minimum atomic E-state index is -5.84. The molecule has 1 aliphatic heterocycles. The van der Waals surface area contributed by atoms with Crippen molar-refractivity contribution < 1.29 is 48.7 Å². The second-order valence-corrected chi connectivity index (χ2v) is 10.6. The molecule has 0 fully saturated rings. The Balaban J connectivity index is 1.95. The lowest BCUT2D eigenvalue weighted by Crippen LogP contribution is -2.54. The zero-order chi connectivity index (χ0) is 28.0. The minimum Gasteiger partial charge on any atom is -0.324 e. The summed E-state index contributed by atoms with van der Waals surface area (Å²) in [6, 6.07) is 5.37. The van der Waals surface area contributed by atoms with Gasteiger partial charge in [-0.1, -0.05) is 18.2 Å². The Bertz CT molecular complexity index is 1290. The highest BCUT2D eigenvalue weighted by Crippen LogP contribution is 2.54. The van der Waals surface area contributed by atoms with Gasteiger partial charge in [-0.15, -0.1) is 0 Å². The Hall–Kier alpha value is -3.16. The number of amides is 2. The third-order valence-corrected chi connectivity index (χ3v) is 7.34. The van der Waals surface area contributed by atoms with Gasteiger partial charge in [-0.3, -0.25) is 14.0 Å². The van der Waals surface area contributed by atoms with Crippen molar-refractivity contribution >= 4 is 27.3 Å². The second kappa shape index (κ2) is 9.62. The van der Waals surface area contributed by atoms with Crippen LogP contribution in [0.25, 0.3) is 0 Å². The SMILES string of the molecule is CC(=O)N1Cc2cc(S(C)(=O)=O)ccc2C1C(=O)Nc1ccc(C(CCF)(C(F)(F)F)C(F)(F)F)cc1. The summed E-state index contributed by atoms with van der Waals surface area (Å²) in [5, 5.41) is 2.35. The van der Waals surface area contributed by atoms with E-state index in [1.54, 1.807) is 0 Å². The van der Waals surface area contributed by atoms with Crippen molar-refractivity contribution in [2.24, 2.45) is 0 Å². The van der Waals surface area contributed by atoms with Gasteiger partial charge in [0.15, 0.2) is 15.3 Å². The Labute approximate surface area is 207 Å². The molecule has 1 atom stereocenters. The molecular formula is C23H21F7N2O4S. The van der Waals surface area contributed by atoms with Crippen LogP contribution in [0.2, 0.25) is 0 Å². The van der Waals surface area contributed by atoms with Gasteiger partial charge in [0.1, 0.15) is 6.04 Å². The molecule has 0 aromatic heterocycles. The molecule has 1 unspecified atom stereocenters. The number of fused-ring (bicyclic) bond motifs is 1. The average molecular weight is 554 g/mol. The number of rotatable bonds is 6. The van der Waals surface area contributed by atoms with E-state index in [2.05, 4.69) is 5.32 Å².